The number of nitrogens with zero attached hydrogens (tertiary/aromatic N) is 4. The summed E-state index contributed by atoms with van der Waals surface area (Å²) in [4.78, 5) is 0. The van der Waals surface area contributed by atoms with Gasteiger partial charge in [-0.05, 0) is 32.0 Å². The Morgan fingerprint density at radius 3 is 2.62 bits per heavy atom. The third-order valence-corrected chi connectivity index (χ3v) is 3.67. The molecule has 2 aromatic heterocycles. The van der Waals surface area contributed by atoms with E-state index in [9.17, 15) is 5.11 Å². The van der Waals surface area contributed by atoms with Crippen LogP contribution >= 0.6 is 0 Å². The average Bonchev–Trinajstić information content (AvgIpc) is 2.78. The Kier molecular flexibility index (Phi) is 3.60. The summed E-state index contributed by atoms with van der Waals surface area (Å²) < 4.78 is 6.93. The minimum atomic E-state index is -0.184. The quantitative estimate of drug-likeness (QED) is 0.843. The Morgan fingerprint density at radius 2 is 2.14 bits per heavy atom. The molecule has 2 aromatic rings. The Labute approximate surface area is 123 Å². The lowest BCUT2D eigenvalue weighted by Crippen LogP contribution is -2.50. The van der Waals surface area contributed by atoms with Gasteiger partial charge in [0.15, 0.2) is 5.82 Å². The number of aliphatic hydroxyl groups excluding tert-OH is 1. The van der Waals surface area contributed by atoms with E-state index in [2.05, 4.69) is 20.6 Å². The van der Waals surface area contributed by atoms with Gasteiger partial charge in [-0.25, -0.2) is 4.68 Å². The number of nitrogens with one attached hydrogen (secondary N) is 1. The summed E-state index contributed by atoms with van der Waals surface area (Å²) in [6, 6.07) is 5.73. The zero-order valence-corrected chi connectivity index (χ0v) is 12.2. The second kappa shape index (κ2) is 5.42. The van der Waals surface area contributed by atoms with Crippen molar-refractivity contribution in [3.05, 3.63) is 29.6 Å². The van der Waals surface area contributed by atoms with E-state index in [0.717, 1.165) is 11.4 Å². The van der Waals surface area contributed by atoms with Crippen molar-refractivity contribution in [2.24, 2.45) is 5.41 Å². The highest BCUT2D eigenvalue weighted by Crippen LogP contribution is 2.26. The first kappa shape index (κ1) is 14.0. The summed E-state index contributed by atoms with van der Waals surface area (Å²) in [5.74, 6) is 1.37. The SMILES string of the molecule is Cc1cc(C)n(-c2ccc(NCC3(CO)COC3)nn2)n1. The van der Waals surface area contributed by atoms with E-state index in [-0.39, 0.29) is 12.0 Å². The van der Waals surface area contributed by atoms with Crippen LogP contribution in [0, 0.1) is 19.3 Å². The van der Waals surface area contributed by atoms with E-state index in [1.807, 2.05) is 32.0 Å². The van der Waals surface area contributed by atoms with E-state index in [1.54, 1.807) is 4.68 Å². The first-order valence-corrected chi connectivity index (χ1v) is 6.92. The predicted octanol–water partition coefficient (Wildman–Crippen LogP) is 0.700. The van der Waals surface area contributed by atoms with Crippen LogP contribution in [0.4, 0.5) is 5.82 Å². The van der Waals surface area contributed by atoms with Crippen molar-refractivity contribution >= 4 is 5.82 Å². The maximum Gasteiger partial charge on any atom is 0.176 e. The molecule has 2 N–H and O–H groups in total. The molecule has 7 heteroatoms. The van der Waals surface area contributed by atoms with Crippen molar-refractivity contribution in [2.45, 2.75) is 13.8 Å². The van der Waals surface area contributed by atoms with E-state index in [4.69, 9.17) is 4.74 Å². The number of anilines is 1. The van der Waals surface area contributed by atoms with Crippen LogP contribution in [0.5, 0.6) is 0 Å². The molecule has 21 heavy (non-hydrogen) atoms. The first-order chi connectivity index (χ1) is 10.1. The van der Waals surface area contributed by atoms with Crippen LogP contribution in [-0.2, 0) is 4.74 Å². The molecular formula is C14H19N5O2. The Bertz CT molecular complexity index is 613. The van der Waals surface area contributed by atoms with E-state index in [0.29, 0.717) is 31.4 Å². The smallest absolute Gasteiger partial charge is 0.176 e. The van der Waals surface area contributed by atoms with Crippen LogP contribution in [-0.4, -0.2) is 51.4 Å². The molecule has 0 amide bonds. The molecule has 0 aromatic carbocycles. The first-order valence-electron chi connectivity index (χ1n) is 6.92. The van der Waals surface area contributed by atoms with Crippen molar-refractivity contribution in [1.82, 2.24) is 20.0 Å². The van der Waals surface area contributed by atoms with Crippen molar-refractivity contribution in [3.8, 4) is 5.82 Å². The highest BCUT2D eigenvalue weighted by Gasteiger charge is 2.37. The summed E-state index contributed by atoms with van der Waals surface area (Å²) >= 11 is 0. The number of aryl methyl sites for hydroxylation is 2. The Balaban J connectivity index is 1.68. The largest absolute Gasteiger partial charge is 0.396 e. The summed E-state index contributed by atoms with van der Waals surface area (Å²) in [5, 5.41) is 25.3. The van der Waals surface area contributed by atoms with Crippen LogP contribution in [0.3, 0.4) is 0 Å². The van der Waals surface area contributed by atoms with Gasteiger partial charge in [0.1, 0.15) is 5.82 Å². The minimum absolute atomic E-state index is 0.108. The lowest BCUT2D eigenvalue weighted by atomic mass is 9.87. The van der Waals surface area contributed by atoms with Gasteiger partial charge in [-0.15, -0.1) is 10.2 Å². The Hall–Kier alpha value is -1.99. The monoisotopic (exact) mass is 289 g/mol. The number of hydrogen-bond acceptors (Lipinski definition) is 6. The third kappa shape index (κ3) is 2.74. The molecule has 0 aliphatic carbocycles. The standard InChI is InChI=1S/C14H19N5O2/c1-10-5-11(2)19(18-10)13-4-3-12(16-17-13)15-6-14(7-20)8-21-9-14/h3-5,20H,6-9H2,1-2H3,(H,15,16). The molecule has 0 unspecified atom stereocenters. The zero-order chi connectivity index (χ0) is 14.9. The summed E-state index contributed by atoms with van der Waals surface area (Å²) in [6.45, 7) is 5.81. The number of hydrogen-bond donors (Lipinski definition) is 2. The number of aliphatic hydroxyl groups is 1. The number of rotatable bonds is 5. The van der Waals surface area contributed by atoms with Crippen molar-refractivity contribution < 1.29 is 9.84 Å². The molecule has 1 saturated heterocycles. The normalized spacial score (nSPS) is 16.5. The van der Waals surface area contributed by atoms with Crippen molar-refractivity contribution in [3.63, 3.8) is 0 Å². The summed E-state index contributed by atoms with van der Waals surface area (Å²) in [7, 11) is 0. The molecule has 0 radical (unpaired) electrons. The second-order valence-electron chi connectivity index (χ2n) is 5.62. The van der Waals surface area contributed by atoms with Gasteiger partial charge in [-0.2, -0.15) is 5.10 Å². The molecule has 3 rings (SSSR count). The summed E-state index contributed by atoms with van der Waals surface area (Å²) in [5.41, 5.74) is 1.79. The maximum atomic E-state index is 9.37. The second-order valence-corrected chi connectivity index (χ2v) is 5.62. The molecule has 1 aliphatic rings. The van der Waals surface area contributed by atoms with Crippen LogP contribution in [0.25, 0.3) is 5.82 Å². The van der Waals surface area contributed by atoms with Crippen molar-refractivity contribution in [2.75, 3.05) is 31.7 Å². The molecule has 112 valence electrons. The summed E-state index contributed by atoms with van der Waals surface area (Å²) in [6.07, 6.45) is 0. The molecule has 1 fully saturated rings. The van der Waals surface area contributed by atoms with Crippen LogP contribution in [0.15, 0.2) is 18.2 Å². The van der Waals surface area contributed by atoms with Gasteiger partial charge in [0.05, 0.1) is 30.9 Å². The van der Waals surface area contributed by atoms with Gasteiger partial charge in [-0.1, -0.05) is 0 Å². The van der Waals surface area contributed by atoms with Gasteiger partial charge in [0.25, 0.3) is 0 Å². The third-order valence-electron chi connectivity index (χ3n) is 3.67. The van der Waals surface area contributed by atoms with Crippen LogP contribution < -0.4 is 5.32 Å². The average molecular weight is 289 g/mol. The van der Waals surface area contributed by atoms with Gasteiger partial charge < -0.3 is 15.2 Å². The highest BCUT2D eigenvalue weighted by atomic mass is 16.5. The lowest BCUT2D eigenvalue weighted by Gasteiger charge is -2.39. The fourth-order valence-electron chi connectivity index (χ4n) is 2.31. The fraction of sp³-hybridized carbons (Fsp3) is 0.500. The maximum absolute atomic E-state index is 9.37. The minimum Gasteiger partial charge on any atom is -0.396 e. The van der Waals surface area contributed by atoms with Gasteiger partial charge in [0.2, 0.25) is 0 Å². The van der Waals surface area contributed by atoms with Crippen molar-refractivity contribution in [1.29, 1.82) is 0 Å². The molecule has 0 bridgehead atoms. The number of aromatic nitrogens is 4. The molecule has 0 saturated carbocycles. The molecule has 1 aliphatic heterocycles. The molecule has 0 spiro atoms. The zero-order valence-electron chi connectivity index (χ0n) is 12.2. The lowest BCUT2D eigenvalue weighted by molar-refractivity contribution is -0.128. The topological polar surface area (TPSA) is 85.1 Å². The number of ether oxygens (including phenoxy) is 1. The van der Waals surface area contributed by atoms with Crippen LogP contribution in [0.2, 0.25) is 0 Å². The fourth-order valence-corrected chi connectivity index (χ4v) is 2.31. The van der Waals surface area contributed by atoms with Crippen LogP contribution in [0.1, 0.15) is 11.4 Å². The molecular weight excluding hydrogens is 270 g/mol. The predicted molar refractivity (Wildman–Crippen MR) is 77.5 cm³/mol. The Morgan fingerprint density at radius 1 is 1.33 bits per heavy atom. The van der Waals surface area contributed by atoms with E-state index in [1.165, 1.54) is 0 Å². The molecule has 0 atom stereocenters. The van der Waals surface area contributed by atoms with Gasteiger partial charge in [0, 0.05) is 12.2 Å². The molecule has 3 heterocycles. The highest BCUT2D eigenvalue weighted by molar-refractivity contribution is 5.37. The van der Waals surface area contributed by atoms with E-state index < -0.39 is 0 Å². The van der Waals surface area contributed by atoms with E-state index >= 15 is 0 Å². The van der Waals surface area contributed by atoms with Gasteiger partial charge in [-0.3, -0.25) is 0 Å². The van der Waals surface area contributed by atoms with Gasteiger partial charge >= 0.3 is 0 Å². The molecule has 7 nitrogen and oxygen atoms in total.